The monoisotopic (exact) mass is 353 g/mol. The lowest BCUT2D eigenvalue weighted by molar-refractivity contribution is 0.601. The first-order valence-corrected chi connectivity index (χ1v) is 9.35. The number of nitrogens with one attached hydrogen (secondary N) is 2. The molecule has 0 spiro atoms. The standard InChI is InChI=1S/C16H20ClN3O2S/c1-2-3-4-10-18-14-8-9-16(19-12-14)20-23(21,22)15-7-5-6-13(17)11-15/h5-9,11-12,18H,2-4,10H2,1H3,(H,19,20). The number of halogens is 1. The van der Waals surface area contributed by atoms with Gasteiger partial charge in [-0.3, -0.25) is 4.72 Å². The first-order chi connectivity index (χ1) is 11.0. The third-order valence-electron chi connectivity index (χ3n) is 3.22. The minimum absolute atomic E-state index is 0.105. The molecule has 1 aromatic carbocycles. The minimum atomic E-state index is -3.69. The summed E-state index contributed by atoms with van der Waals surface area (Å²) < 4.78 is 27.0. The first-order valence-electron chi connectivity index (χ1n) is 7.49. The number of pyridine rings is 1. The Bertz CT molecular complexity index is 733. The highest BCUT2D eigenvalue weighted by atomic mass is 35.5. The molecule has 0 amide bonds. The quantitative estimate of drug-likeness (QED) is 0.700. The fourth-order valence-corrected chi connectivity index (χ4v) is 3.31. The van der Waals surface area contributed by atoms with Gasteiger partial charge in [-0.25, -0.2) is 13.4 Å². The third kappa shape index (κ3) is 5.41. The lowest BCUT2D eigenvalue weighted by Gasteiger charge is -2.09. The second-order valence-electron chi connectivity index (χ2n) is 5.13. The molecule has 0 radical (unpaired) electrons. The molecule has 0 aliphatic rings. The van der Waals surface area contributed by atoms with E-state index in [-0.39, 0.29) is 10.7 Å². The van der Waals surface area contributed by atoms with E-state index in [0.29, 0.717) is 5.02 Å². The van der Waals surface area contributed by atoms with Gasteiger partial charge in [0.25, 0.3) is 10.0 Å². The van der Waals surface area contributed by atoms with Crippen molar-refractivity contribution < 1.29 is 8.42 Å². The number of sulfonamides is 1. The number of benzene rings is 1. The van der Waals surface area contributed by atoms with E-state index in [1.165, 1.54) is 25.0 Å². The predicted octanol–water partition coefficient (Wildman–Crippen LogP) is 4.14. The van der Waals surface area contributed by atoms with Crippen molar-refractivity contribution in [2.75, 3.05) is 16.6 Å². The van der Waals surface area contributed by atoms with Crippen molar-refractivity contribution in [2.24, 2.45) is 0 Å². The Morgan fingerprint density at radius 2 is 2.00 bits per heavy atom. The van der Waals surface area contributed by atoms with Gasteiger partial charge in [-0.1, -0.05) is 37.4 Å². The van der Waals surface area contributed by atoms with Gasteiger partial charge in [0.1, 0.15) is 5.82 Å². The van der Waals surface area contributed by atoms with Crippen molar-refractivity contribution in [3.05, 3.63) is 47.6 Å². The third-order valence-corrected chi connectivity index (χ3v) is 4.81. The van der Waals surface area contributed by atoms with E-state index < -0.39 is 10.0 Å². The summed E-state index contributed by atoms with van der Waals surface area (Å²) in [7, 11) is -3.69. The van der Waals surface area contributed by atoms with Crippen LogP contribution in [0.25, 0.3) is 0 Å². The molecule has 0 aliphatic carbocycles. The number of nitrogens with zero attached hydrogens (tertiary/aromatic N) is 1. The molecule has 0 fully saturated rings. The second-order valence-corrected chi connectivity index (χ2v) is 7.25. The summed E-state index contributed by atoms with van der Waals surface area (Å²) in [5.74, 6) is 0.268. The van der Waals surface area contributed by atoms with Crippen molar-refractivity contribution in [3.63, 3.8) is 0 Å². The lowest BCUT2D eigenvalue weighted by Crippen LogP contribution is -2.14. The molecule has 0 aliphatic heterocycles. The molecule has 0 bridgehead atoms. The van der Waals surface area contributed by atoms with Crippen LogP contribution in [0.5, 0.6) is 0 Å². The number of hydrogen-bond acceptors (Lipinski definition) is 4. The summed E-state index contributed by atoms with van der Waals surface area (Å²) >= 11 is 5.83. The van der Waals surface area contributed by atoms with Crippen LogP contribution in [-0.4, -0.2) is 19.9 Å². The van der Waals surface area contributed by atoms with Crippen molar-refractivity contribution in [3.8, 4) is 0 Å². The van der Waals surface area contributed by atoms with E-state index >= 15 is 0 Å². The number of hydrogen-bond donors (Lipinski definition) is 2. The van der Waals surface area contributed by atoms with Gasteiger partial charge < -0.3 is 5.32 Å². The highest BCUT2D eigenvalue weighted by Crippen LogP contribution is 2.19. The van der Waals surface area contributed by atoms with Crippen LogP contribution in [0.4, 0.5) is 11.5 Å². The summed E-state index contributed by atoms with van der Waals surface area (Å²) in [6.07, 6.45) is 5.06. The maximum absolute atomic E-state index is 12.3. The van der Waals surface area contributed by atoms with Crippen molar-refractivity contribution >= 4 is 33.1 Å². The molecule has 0 atom stereocenters. The van der Waals surface area contributed by atoms with Crippen LogP contribution in [0.15, 0.2) is 47.5 Å². The van der Waals surface area contributed by atoms with Crippen LogP contribution in [-0.2, 0) is 10.0 Å². The highest BCUT2D eigenvalue weighted by molar-refractivity contribution is 7.92. The average Bonchev–Trinajstić information content (AvgIpc) is 2.53. The molecule has 0 saturated carbocycles. The molecule has 5 nitrogen and oxygen atoms in total. The molecule has 2 rings (SSSR count). The zero-order valence-corrected chi connectivity index (χ0v) is 14.5. The van der Waals surface area contributed by atoms with Crippen LogP contribution in [0.3, 0.4) is 0 Å². The Kier molecular flexibility index (Phi) is 6.24. The Labute approximate surface area is 142 Å². The van der Waals surface area contributed by atoms with Gasteiger partial charge in [0.15, 0.2) is 0 Å². The molecule has 1 aromatic heterocycles. The number of aromatic nitrogens is 1. The first kappa shape index (κ1) is 17.6. The van der Waals surface area contributed by atoms with Crippen LogP contribution in [0.1, 0.15) is 26.2 Å². The summed E-state index contributed by atoms with van der Waals surface area (Å²) in [4.78, 5) is 4.23. The lowest BCUT2D eigenvalue weighted by atomic mass is 10.2. The Morgan fingerprint density at radius 3 is 2.65 bits per heavy atom. The fraction of sp³-hybridized carbons (Fsp3) is 0.312. The molecular weight excluding hydrogens is 334 g/mol. The van der Waals surface area contributed by atoms with Crippen LogP contribution in [0.2, 0.25) is 5.02 Å². The van der Waals surface area contributed by atoms with Crippen molar-refractivity contribution in [1.82, 2.24) is 4.98 Å². The smallest absolute Gasteiger partial charge is 0.263 e. The highest BCUT2D eigenvalue weighted by Gasteiger charge is 2.14. The van der Waals surface area contributed by atoms with E-state index in [0.717, 1.165) is 18.7 Å². The molecule has 0 saturated heterocycles. The second kappa shape index (κ2) is 8.17. The van der Waals surface area contributed by atoms with E-state index in [2.05, 4.69) is 21.9 Å². The molecule has 23 heavy (non-hydrogen) atoms. The molecular formula is C16H20ClN3O2S. The van der Waals surface area contributed by atoms with Crippen molar-refractivity contribution in [2.45, 2.75) is 31.1 Å². The maximum atomic E-state index is 12.3. The summed E-state index contributed by atoms with van der Waals surface area (Å²) in [5, 5.41) is 3.62. The molecule has 2 N–H and O–H groups in total. The Morgan fingerprint density at radius 1 is 1.17 bits per heavy atom. The Hall–Kier alpha value is -1.79. The fourth-order valence-electron chi connectivity index (χ4n) is 2.00. The van der Waals surface area contributed by atoms with Crippen LogP contribution in [0, 0.1) is 0 Å². The zero-order chi connectivity index (χ0) is 16.7. The van der Waals surface area contributed by atoms with Gasteiger partial charge in [-0.15, -0.1) is 0 Å². The predicted molar refractivity (Wildman–Crippen MR) is 94.5 cm³/mol. The van der Waals surface area contributed by atoms with Gasteiger partial charge in [-0.2, -0.15) is 0 Å². The van der Waals surface area contributed by atoms with Gasteiger partial charge in [-0.05, 0) is 36.8 Å². The minimum Gasteiger partial charge on any atom is -0.384 e. The van der Waals surface area contributed by atoms with Crippen LogP contribution >= 0.6 is 11.6 Å². The van der Waals surface area contributed by atoms with E-state index in [1.54, 1.807) is 30.5 Å². The topological polar surface area (TPSA) is 71.1 Å². The zero-order valence-electron chi connectivity index (χ0n) is 12.9. The van der Waals surface area contributed by atoms with Crippen molar-refractivity contribution in [1.29, 1.82) is 0 Å². The molecule has 2 aromatic rings. The molecule has 7 heteroatoms. The molecule has 1 heterocycles. The largest absolute Gasteiger partial charge is 0.384 e. The molecule has 124 valence electrons. The van der Waals surface area contributed by atoms with E-state index in [4.69, 9.17) is 11.6 Å². The Balaban J connectivity index is 2.00. The van der Waals surface area contributed by atoms with Crippen LogP contribution < -0.4 is 10.0 Å². The average molecular weight is 354 g/mol. The normalized spacial score (nSPS) is 11.2. The van der Waals surface area contributed by atoms with E-state index in [1.807, 2.05) is 0 Å². The number of rotatable bonds is 8. The molecule has 0 unspecified atom stereocenters. The maximum Gasteiger partial charge on any atom is 0.263 e. The van der Waals surface area contributed by atoms with E-state index in [9.17, 15) is 8.42 Å². The van der Waals surface area contributed by atoms with Gasteiger partial charge in [0, 0.05) is 11.6 Å². The summed E-state index contributed by atoms with van der Waals surface area (Å²) in [5.41, 5.74) is 0.867. The van der Waals surface area contributed by atoms with Gasteiger partial charge in [0.05, 0.1) is 16.8 Å². The SMILES string of the molecule is CCCCCNc1ccc(NS(=O)(=O)c2cccc(Cl)c2)nc1. The summed E-state index contributed by atoms with van der Waals surface area (Å²) in [6, 6.07) is 9.52. The van der Waals surface area contributed by atoms with Gasteiger partial charge in [0.2, 0.25) is 0 Å². The summed E-state index contributed by atoms with van der Waals surface area (Å²) in [6.45, 7) is 3.03. The van der Waals surface area contributed by atoms with Gasteiger partial charge >= 0.3 is 0 Å². The number of anilines is 2. The number of unbranched alkanes of at least 4 members (excludes halogenated alkanes) is 2.